The molecule has 4 heteroatoms. The number of esters is 1. The van der Waals surface area contributed by atoms with Gasteiger partial charge in [-0.15, -0.1) is 0 Å². The van der Waals surface area contributed by atoms with Crippen LogP contribution in [0.1, 0.15) is 26.7 Å². The van der Waals surface area contributed by atoms with E-state index in [9.17, 15) is 9.59 Å². The summed E-state index contributed by atoms with van der Waals surface area (Å²) in [6.45, 7) is 3.65. The van der Waals surface area contributed by atoms with Gasteiger partial charge >= 0.3 is 5.97 Å². The normalized spacial score (nSPS) is 45.5. The lowest BCUT2D eigenvalue weighted by Crippen LogP contribution is -2.46. The van der Waals surface area contributed by atoms with Crippen molar-refractivity contribution < 1.29 is 14.3 Å². The van der Waals surface area contributed by atoms with Crippen LogP contribution in [0.15, 0.2) is 0 Å². The van der Waals surface area contributed by atoms with Crippen molar-refractivity contribution in [1.29, 1.82) is 0 Å². The molecule has 2 aliphatic heterocycles. The maximum atomic E-state index is 11.1. The molecule has 0 spiro atoms. The second-order valence-electron chi connectivity index (χ2n) is 3.97. The number of carbonyl (C=O) groups is 2. The summed E-state index contributed by atoms with van der Waals surface area (Å²) in [4.78, 5) is 22.1. The van der Waals surface area contributed by atoms with Crippen molar-refractivity contribution in [2.24, 2.45) is 5.41 Å². The molecule has 0 aromatic carbocycles. The smallest absolute Gasteiger partial charge is 0.308 e. The first-order chi connectivity index (χ1) is 5.45. The quantitative estimate of drug-likeness (QED) is 0.526. The molecular formula is C8H11NO3. The Morgan fingerprint density at radius 2 is 2.00 bits per heavy atom. The first kappa shape index (κ1) is 7.58. The summed E-state index contributed by atoms with van der Waals surface area (Å²) in [7, 11) is 0. The summed E-state index contributed by atoms with van der Waals surface area (Å²) in [6, 6.07) is 0. The van der Waals surface area contributed by atoms with Crippen LogP contribution in [0.25, 0.3) is 0 Å². The van der Waals surface area contributed by atoms with E-state index in [4.69, 9.17) is 4.74 Å². The number of hydrogen-bond donors (Lipinski definition) is 1. The van der Waals surface area contributed by atoms with E-state index < -0.39 is 5.72 Å². The van der Waals surface area contributed by atoms with Crippen LogP contribution < -0.4 is 5.32 Å². The lowest BCUT2D eigenvalue weighted by atomic mass is 9.80. The van der Waals surface area contributed by atoms with E-state index in [0.29, 0.717) is 12.8 Å². The number of ether oxygens (including phenoxy) is 1. The van der Waals surface area contributed by atoms with Crippen LogP contribution in [0.5, 0.6) is 0 Å². The van der Waals surface area contributed by atoms with Crippen LogP contribution in [0.3, 0.4) is 0 Å². The highest BCUT2D eigenvalue weighted by Crippen LogP contribution is 2.48. The Hall–Kier alpha value is -1.06. The molecule has 2 aliphatic rings. The summed E-state index contributed by atoms with van der Waals surface area (Å²) in [6.07, 6.45) is 0.720. The Kier molecular flexibility index (Phi) is 1.14. The molecule has 2 heterocycles. The third-order valence-electron chi connectivity index (χ3n) is 2.93. The molecule has 12 heavy (non-hydrogen) atoms. The highest BCUT2D eigenvalue weighted by atomic mass is 16.6. The van der Waals surface area contributed by atoms with E-state index >= 15 is 0 Å². The van der Waals surface area contributed by atoms with E-state index in [2.05, 4.69) is 5.32 Å². The molecule has 2 atom stereocenters. The molecule has 2 saturated heterocycles. The monoisotopic (exact) mass is 169 g/mol. The molecule has 0 unspecified atom stereocenters. The van der Waals surface area contributed by atoms with Gasteiger partial charge in [0.15, 0.2) is 5.72 Å². The van der Waals surface area contributed by atoms with Crippen LogP contribution in [0.4, 0.5) is 0 Å². The van der Waals surface area contributed by atoms with Crippen LogP contribution in [-0.4, -0.2) is 17.6 Å². The van der Waals surface area contributed by atoms with E-state index in [1.165, 1.54) is 0 Å². The first-order valence-electron chi connectivity index (χ1n) is 3.98. The van der Waals surface area contributed by atoms with Gasteiger partial charge in [0.2, 0.25) is 5.91 Å². The van der Waals surface area contributed by atoms with Gasteiger partial charge in [0.05, 0.1) is 6.42 Å². The van der Waals surface area contributed by atoms with Gasteiger partial charge in [-0.05, 0) is 6.92 Å². The molecule has 66 valence electrons. The molecule has 0 saturated carbocycles. The molecule has 2 rings (SSSR count). The number of hydrogen-bond acceptors (Lipinski definition) is 3. The van der Waals surface area contributed by atoms with Crippen molar-refractivity contribution >= 4 is 11.9 Å². The third-order valence-corrected chi connectivity index (χ3v) is 2.93. The van der Waals surface area contributed by atoms with E-state index in [1.54, 1.807) is 6.92 Å². The zero-order chi connectivity index (χ0) is 8.98. The highest BCUT2D eigenvalue weighted by Gasteiger charge is 2.60. The molecular weight excluding hydrogens is 158 g/mol. The van der Waals surface area contributed by atoms with Gasteiger partial charge in [0.25, 0.3) is 0 Å². The Morgan fingerprint density at radius 1 is 1.33 bits per heavy atom. The van der Waals surface area contributed by atoms with Crippen molar-refractivity contribution in [3.8, 4) is 0 Å². The fourth-order valence-electron chi connectivity index (χ4n) is 1.95. The zero-order valence-corrected chi connectivity index (χ0v) is 7.14. The molecule has 1 N–H and O–H groups in total. The number of carbonyl (C=O) groups excluding carboxylic acids is 2. The van der Waals surface area contributed by atoms with Crippen LogP contribution in [0.2, 0.25) is 0 Å². The minimum Gasteiger partial charge on any atom is -0.439 e. The van der Waals surface area contributed by atoms with Crippen LogP contribution in [-0.2, 0) is 14.3 Å². The van der Waals surface area contributed by atoms with Gasteiger partial charge in [-0.25, -0.2) is 0 Å². The minimum absolute atomic E-state index is 0.0347. The van der Waals surface area contributed by atoms with Gasteiger partial charge < -0.3 is 10.1 Å². The van der Waals surface area contributed by atoms with E-state index in [1.807, 2.05) is 6.92 Å². The lowest BCUT2D eigenvalue weighted by Gasteiger charge is -2.29. The van der Waals surface area contributed by atoms with E-state index in [0.717, 1.165) is 0 Å². The molecule has 0 radical (unpaired) electrons. The maximum absolute atomic E-state index is 11.1. The summed E-state index contributed by atoms with van der Waals surface area (Å²) >= 11 is 0. The fourth-order valence-corrected chi connectivity index (χ4v) is 1.95. The molecule has 0 bridgehead atoms. The molecule has 1 amide bonds. The number of rotatable bonds is 0. The van der Waals surface area contributed by atoms with Crippen molar-refractivity contribution in [2.75, 3.05) is 0 Å². The Morgan fingerprint density at radius 3 is 2.58 bits per heavy atom. The largest absolute Gasteiger partial charge is 0.439 e. The summed E-state index contributed by atoms with van der Waals surface area (Å²) < 4.78 is 5.08. The van der Waals surface area contributed by atoms with Gasteiger partial charge in [0.1, 0.15) is 0 Å². The highest BCUT2D eigenvalue weighted by molar-refractivity contribution is 5.85. The van der Waals surface area contributed by atoms with E-state index in [-0.39, 0.29) is 17.3 Å². The topological polar surface area (TPSA) is 55.4 Å². The SMILES string of the molecule is C[C@@]12CC(=O)N[C@]1(C)OC(=O)C2. The second kappa shape index (κ2) is 1.81. The average Bonchev–Trinajstić information content (AvgIpc) is 2.09. The predicted molar refractivity (Wildman–Crippen MR) is 40.0 cm³/mol. The Labute approximate surface area is 70.3 Å². The first-order valence-corrected chi connectivity index (χ1v) is 3.98. The predicted octanol–water partition coefficient (Wildman–Crippen LogP) is 0.176. The maximum Gasteiger partial charge on any atom is 0.308 e. The summed E-state index contributed by atoms with van der Waals surface area (Å²) in [5.74, 6) is -0.257. The van der Waals surface area contributed by atoms with Gasteiger partial charge in [-0.3, -0.25) is 9.59 Å². The van der Waals surface area contributed by atoms with Gasteiger partial charge in [-0.1, -0.05) is 6.92 Å². The number of amides is 1. The molecule has 2 fully saturated rings. The van der Waals surface area contributed by atoms with Crippen molar-refractivity contribution in [3.63, 3.8) is 0 Å². The standard InChI is InChI=1S/C8H11NO3/c1-7-3-5(10)9-8(7,2)12-6(11)4-7/h3-4H2,1-2H3,(H,9,10)/t7-,8+/m0/s1. The summed E-state index contributed by atoms with van der Waals surface area (Å²) in [5, 5.41) is 2.68. The minimum atomic E-state index is -0.763. The lowest BCUT2D eigenvalue weighted by molar-refractivity contribution is -0.151. The fraction of sp³-hybridized carbons (Fsp3) is 0.750. The van der Waals surface area contributed by atoms with Gasteiger partial charge in [0, 0.05) is 11.8 Å². The molecule has 4 nitrogen and oxygen atoms in total. The zero-order valence-electron chi connectivity index (χ0n) is 7.14. The van der Waals surface area contributed by atoms with Crippen molar-refractivity contribution in [1.82, 2.24) is 5.32 Å². The number of nitrogens with one attached hydrogen (secondary N) is 1. The molecule has 0 aromatic heterocycles. The average molecular weight is 169 g/mol. The molecule has 0 aliphatic carbocycles. The van der Waals surface area contributed by atoms with Crippen molar-refractivity contribution in [2.45, 2.75) is 32.4 Å². The Balaban J connectivity index is 2.38. The summed E-state index contributed by atoms with van der Waals surface area (Å²) in [5.41, 5.74) is -1.11. The number of fused-ring (bicyclic) bond motifs is 1. The third kappa shape index (κ3) is 0.722. The van der Waals surface area contributed by atoms with Crippen LogP contribution >= 0.6 is 0 Å². The molecule has 0 aromatic rings. The van der Waals surface area contributed by atoms with Crippen LogP contribution in [0, 0.1) is 5.41 Å². The Bertz CT molecular complexity index is 227. The second-order valence-corrected chi connectivity index (χ2v) is 3.97. The van der Waals surface area contributed by atoms with Crippen molar-refractivity contribution in [3.05, 3.63) is 0 Å². The van der Waals surface area contributed by atoms with Gasteiger partial charge in [-0.2, -0.15) is 0 Å².